The lowest BCUT2D eigenvalue weighted by Gasteiger charge is -2.18. The van der Waals surface area contributed by atoms with Crippen molar-refractivity contribution in [1.29, 1.82) is 0 Å². The molecule has 0 aliphatic heterocycles. The Labute approximate surface area is 121 Å². The van der Waals surface area contributed by atoms with Crippen molar-refractivity contribution < 1.29 is 4.79 Å². The van der Waals surface area contributed by atoms with Crippen LogP contribution in [-0.4, -0.2) is 23.9 Å². The molecule has 0 spiro atoms. The van der Waals surface area contributed by atoms with Crippen molar-refractivity contribution in [1.82, 2.24) is 4.90 Å². The molecule has 0 aliphatic rings. The van der Waals surface area contributed by atoms with Crippen LogP contribution in [0.15, 0.2) is 54.6 Å². The standard InChI is InChI=1S/C18H21NO/c1-3-19(4-2)18(20)14-15-10-12-17(13-11-15)16-8-6-5-7-9-16/h5-13H,3-4,14H2,1-2H3. The van der Waals surface area contributed by atoms with Crippen LogP contribution in [0.4, 0.5) is 0 Å². The van der Waals surface area contributed by atoms with Crippen molar-refractivity contribution in [3.05, 3.63) is 60.2 Å². The minimum Gasteiger partial charge on any atom is -0.343 e. The molecule has 0 atom stereocenters. The molecule has 2 aromatic carbocycles. The van der Waals surface area contributed by atoms with E-state index in [-0.39, 0.29) is 5.91 Å². The highest BCUT2D eigenvalue weighted by molar-refractivity contribution is 5.79. The molecule has 2 nitrogen and oxygen atoms in total. The van der Waals surface area contributed by atoms with E-state index >= 15 is 0 Å². The van der Waals surface area contributed by atoms with Crippen LogP contribution in [0.1, 0.15) is 19.4 Å². The van der Waals surface area contributed by atoms with Crippen molar-refractivity contribution in [3.8, 4) is 11.1 Å². The highest BCUT2D eigenvalue weighted by Gasteiger charge is 2.10. The topological polar surface area (TPSA) is 20.3 Å². The van der Waals surface area contributed by atoms with Crippen LogP contribution in [0, 0.1) is 0 Å². The zero-order valence-corrected chi connectivity index (χ0v) is 12.2. The summed E-state index contributed by atoms with van der Waals surface area (Å²) in [7, 11) is 0. The first-order chi connectivity index (χ1) is 9.74. The Bertz CT molecular complexity index is 541. The summed E-state index contributed by atoms with van der Waals surface area (Å²) in [5.74, 6) is 0.197. The minimum atomic E-state index is 0.197. The van der Waals surface area contributed by atoms with Gasteiger partial charge in [-0.3, -0.25) is 4.79 Å². The number of hydrogen-bond donors (Lipinski definition) is 0. The van der Waals surface area contributed by atoms with Gasteiger partial charge in [-0.2, -0.15) is 0 Å². The van der Waals surface area contributed by atoms with Gasteiger partial charge in [0, 0.05) is 13.1 Å². The van der Waals surface area contributed by atoms with Crippen molar-refractivity contribution in [3.63, 3.8) is 0 Å². The fourth-order valence-corrected chi connectivity index (χ4v) is 2.31. The molecule has 0 aliphatic carbocycles. The predicted octanol–water partition coefficient (Wildman–Crippen LogP) is 3.76. The van der Waals surface area contributed by atoms with Gasteiger partial charge < -0.3 is 4.90 Å². The number of likely N-dealkylation sites (N-methyl/N-ethyl adjacent to an activating group) is 1. The third-order valence-corrected chi connectivity index (χ3v) is 3.53. The molecular weight excluding hydrogens is 246 g/mol. The highest BCUT2D eigenvalue weighted by atomic mass is 16.2. The maximum atomic E-state index is 12.1. The summed E-state index contributed by atoms with van der Waals surface area (Å²) in [6.45, 7) is 5.58. The van der Waals surface area contributed by atoms with E-state index in [0.29, 0.717) is 6.42 Å². The van der Waals surface area contributed by atoms with E-state index in [1.54, 1.807) is 0 Å². The molecule has 2 rings (SSSR count). The maximum absolute atomic E-state index is 12.1. The molecular formula is C18H21NO. The lowest BCUT2D eigenvalue weighted by Crippen LogP contribution is -2.31. The van der Waals surface area contributed by atoms with E-state index in [1.165, 1.54) is 11.1 Å². The average molecular weight is 267 g/mol. The van der Waals surface area contributed by atoms with Gasteiger partial charge in [0.2, 0.25) is 5.91 Å². The first-order valence-corrected chi connectivity index (χ1v) is 7.16. The Morgan fingerprint density at radius 2 is 1.40 bits per heavy atom. The summed E-state index contributed by atoms with van der Waals surface area (Å²) >= 11 is 0. The number of carbonyl (C=O) groups excluding carboxylic acids is 1. The van der Waals surface area contributed by atoms with Crippen molar-refractivity contribution in [2.24, 2.45) is 0 Å². The van der Waals surface area contributed by atoms with Gasteiger partial charge in [0.05, 0.1) is 6.42 Å². The van der Waals surface area contributed by atoms with Crippen molar-refractivity contribution >= 4 is 5.91 Å². The van der Waals surface area contributed by atoms with Crippen molar-refractivity contribution in [2.45, 2.75) is 20.3 Å². The van der Waals surface area contributed by atoms with Crippen LogP contribution in [0.2, 0.25) is 0 Å². The summed E-state index contributed by atoms with van der Waals surface area (Å²) < 4.78 is 0. The van der Waals surface area contributed by atoms with E-state index in [1.807, 2.05) is 49.1 Å². The molecule has 1 amide bonds. The molecule has 0 aromatic heterocycles. The molecule has 2 heteroatoms. The summed E-state index contributed by atoms with van der Waals surface area (Å²) in [6.07, 6.45) is 0.483. The summed E-state index contributed by atoms with van der Waals surface area (Å²) in [5, 5.41) is 0. The third kappa shape index (κ3) is 3.47. The van der Waals surface area contributed by atoms with Crippen LogP contribution in [0.3, 0.4) is 0 Å². The fraction of sp³-hybridized carbons (Fsp3) is 0.278. The number of amides is 1. The largest absolute Gasteiger partial charge is 0.343 e. The Balaban J connectivity index is 2.07. The molecule has 2 aromatic rings. The van der Waals surface area contributed by atoms with Crippen LogP contribution >= 0.6 is 0 Å². The van der Waals surface area contributed by atoms with Crippen LogP contribution < -0.4 is 0 Å². The van der Waals surface area contributed by atoms with Gasteiger partial charge >= 0.3 is 0 Å². The fourth-order valence-electron chi connectivity index (χ4n) is 2.31. The highest BCUT2D eigenvalue weighted by Crippen LogP contribution is 2.19. The van der Waals surface area contributed by atoms with Gasteiger partial charge in [-0.15, -0.1) is 0 Å². The Hall–Kier alpha value is -2.09. The van der Waals surface area contributed by atoms with E-state index < -0.39 is 0 Å². The predicted molar refractivity (Wildman–Crippen MR) is 83.5 cm³/mol. The van der Waals surface area contributed by atoms with E-state index in [2.05, 4.69) is 24.3 Å². The second-order valence-corrected chi connectivity index (χ2v) is 4.81. The van der Waals surface area contributed by atoms with Crippen LogP contribution in [0.25, 0.3) is 11.1 Å². The quantitative estimate of drug-likeness (QED) is 0.807. The molecule has 0 unspecified atom stereocenters. The number of rotatable bonds is 5. The lowest BCUT2D eigenvalue weighted by molar-refractivity contribution is -0.130. The molecule has 104 valence electrons. The number of nitrogens with zero attached hydrogens (tertiary/aromatic N) is 1. The second kappa shape index (κ2) is 6.90. The monoisotopic (exact) mass is 267 g/mol. The lowest BCUT2D eigenvalue weighted by atomic mass is 10.0. The van der Waals surface area contributed by atoms with Gasteiger partial charge in [-0.1, -0.05) is 54.6 Å². The number of hydrogen-bond acceptors (Lipinski definition) is 1. The number of benzene rings is 2. The first-order valence-electron chi connectivity index (χ1n) is 7.16. The van der Waals surface area contributed by atoms with E-state index in [9.17, 15) is 4.79 Å². The Morgan fingerprint density at radius 3 is 1.95 bits per heavy atom. The van der Waals surface area contributed by atoms with E-state index in [4.69, 9.17) is 0 Å². The molecule has 0 bridgehead atoms. The third-order valence-electron chi connectivity index (χ3n) is 3.53. The summed E-state index contributed by atoms with van der Waals surface area (Å²) in [6, 6.07) is 18.5. The zero-order chi connectivity index (χ0) is 14.4. The Morgan fingerprint density at radius 1 is 0.850 bits per heavy atom. The normalized spacial score (nSPS) is 10.3. The minimum absolute atomic E-state index is 0.197. The zero-order valence-electron chi connectivity index (χ0n) is 12.2. The average Bonchev–Trinajstić information content (AvgIpc) is 2.50. The van der Waals surface area contributed by atoms with Gasteiger partial charge in [-0.25, -0.2) is 0 Å². The molecule has 20 heavy (non-hydrogen) atoms. The smallest absolute Gasteiger partial charge is 0.226 e. The number of carbonyl (C=O) groups is 1. The van der Waals surface area contributed by atoms with Crippen molar-refractivity contribution in [2.75, 3.05) is 13.1 Å². The van der Waals surface area contributed by atoms with Gasteiger partial charge in [0.1, 0.15) is 0 Å². The van der Waals surface area contributed by atoms with E-state index in [0.717, 1.165) is 18.7 Å². The molecule has 0 saturated heterocycles. The Kier molecular flexibility index (Phi) is 4.94. The second-order valence-electron chi connectivity index (χ2n) is 4.81. The van der Waals surface area contributed by atoms with Gasteiger partial charge in [-0.05, 0) is 30.5 Å². The summed E-state index contributed by atoms with van der Waals surface area (Å²) in [5.41, 5.74) is 3.46. The SMILES string of the molecule is CCN(CC)C(=O)Cc1ccc(-c2ccccc2)cc1. The molecule has 0 saturated carbocycles. The van der Waals surface area contributed by atoms with Crippen LogP contribution in [-0.2, 0) is 11.2 Å². The molecule has 0 N–H and O–H groups in total. The summed E-state index contributed by atoms with van der Waals surface area (Å²) in [4.78, 5) is 13.9. The van der Waals surface area contributed by atoms with Gasteiger partial charge in [0.15, 0.2) is 0 Å². The van der Waals surface area contributed by atoms with Gasteiger partial charge in [0.25, 0.3) is 0 Å². The molecule has 0 heterocycles. The van der Waals surface area contributed by atoms with Crippen LogP contribution in [0.5, 0.6) is 0 Å². The molecule has 0 radical (unpaired) electrons. The molecule has 0 fully saturated rings. The maximum Gasteiger partial charge on any atom is 0.226 e. The first kappa shape index (κ1) is 14.3.